The summed E-state index contributed by atoms with van der Waals surface area (Å²) >= 11 is 0. The van der Waals surface area contributed by atoms with E-state index < -0.39 is 41.0 Å². The van der Waals surface area contributed by atoms with Gasteiger partial charge in [0.1, 0.15) is 17.4 Å². The van der Waals surface area contributed by atoms with Crippen molar-refractivity contribution in [1.29, 1.82) is 0 Å². The van der Waals surface area contributed by atoms with E-state index in [-0.39, 0.29) is 18.4 Å². The van der Waals surface area contributed by atoms with Crippen LogP contribution in [-0.4, -0.2) is 65.7 Å². The fourth-order valence-corrected chi connectivity index (χ4v) is 6.76. The normalized spacial score (nSPS) is 30.6. The number of carbonyl (C=O) groups is 3. The second-order valence-electron chi connectivity index (χ2n) is 10.0. The van der Waals surface area contributed by atoms with Gasteiger partial charge in [0.05, 0.1) is 37.2 Å². The molecule has 9 nitrogen and oxygen atoms in total. The molecule has 0 radical (unpaired) electrons. The van der Waals surface area contributed by atoms with E-state index in [9.17, 15) is 19.5 Å². The monoisotopic (exact) mass is 507 g/mol. The second-order valence-corrected chi connectivity index (χ2v) is 10.0. The molecule has 0 aromatic heterocycles. The van der Waals surface area contributed by atoms with Gasteiger partial charge in [-0.15, -0.1) is 0 Å². The largest absolute Gasteiger partial charge is 0.497 e. The summed E-state index contributed by atoms with van der Waals surface area (Å²) in [4.78, 5) is 42.9. The van der Waals surface area contributed by atoms with Crippen LogP contribution in [0.5, 0.6) is 5.75 Å². The quantitative estimate of drug-likeness (QED) is 0.505. The molecule has 3 fully saturated rings. The Labute approximate surface area is 216 Å². The lowest BCUT2D eigenvalue weighted by Gasteiger charge is -2.37. The molecule has 3 N–H and O–H groups in total. The molecule has 2 unspecified atom stereocenters. The van der Waals surface area contributed by atoms with Crippen molar-refractivity contribution in [1.82, 2.24) is 10.2 Å². The van der Waals surface area contributed by atoms with Crippen molar-refractivity contribution in [3.05, 3.63) is 60.2 Å². The highest BCUT2D eigenvalue weighted by molar-refractivity contribution is 6.04. The summed E-state index contributed by atoms with van der Waals surface area (Å²) in [6.07, 6.45) is 1.58. The molecule has 3 heterocycles. The number of rotatable bonds is 8. The van der Waals surface area contributed by atoms with Crippen LogP contribution < -0.4 is 15.4 Å². The van der Waals surface area contributed by atoms with E-state index in [2.05, 4.69) is 10.6 Å². The zero-order chi connectivity index (χ0) is 26.4. The van der Waals surface area contributed by atoms with Crippen LogP contribution in [0.3, 0.4) is 0 Å². The Bertz CT molecular complexity index is 1190. The number of amides is 3. The molecule has 37 heavy (non-hydrogen) atoms. The molecule has 5 rings (SSSR count). The number of likely N-dealkylation sites (tertiary alicyclic amines) is 1. The highest BCUT2D eigenvalue weighted by Crippen LogP contribution is 2.65. The standard InChI is InChI=1S/C28H33N3O6/c1-4-27-14-15-28(37-27)22(21(27)24(33)29-2)26(35)31(20(16-32)17-8-6-5-7-9-17)23(28)25(34)30-18-10-12-19(36-3)13-11-18/h5-13,20-23,32H,4,14-16H2,1-3H3,(H,29,33)(H,30,34)/t20-,21-,22+,23?,27+,28?/m1/s1. The molecule has 2 bridgehead atoms. The van der Waals surface area contributed by atoms with E-state index in [1.807, 2.05) is 37.3 Å². The van der Waals surface area contributed by atoms with Gasteiger partial charge in [0.2, 0.25) is 17.7 Å². The SMILES string of the molecule is CC[C@@]12CCC3(O1)C(C(=O)Nc1ccc(OC)cc1)N([C@H](CO)c1ccccc1)C(=O)[C@@H]3[C@@H]2C(=O)NC. The number of nitrogens with zero attached hydrogens (tertiary/aromatic N) is 1. The van der Waals surface area contributed by atoms with Crippen LogP contribution in [0, 0.1) is 11.8 Å². The molecule has 3 amide bonds. The van der Waals surface area contributed by atoms with E-state index in [1.54, 1.807) is 38.4 Å². The van der Waals surface area contributed by atoms with Gasteiger partial charge >= 0.3 is 0 Å². The lowest BCUT2D eigenvalue weighted by Crippen LogP contribution is -2.54. The Morgan fingerprint density at radius 1 is 1.14 bits per heavy atom. The summed E-state index contributed by atoms with van der Waals surface area (Å²) in [6, 6.07) is 14.3. The lowest BCUT2D eigenvalue weighted by molar-refractivity contribution is -0.149. The van der Waals surface area contributed by atoms with Gasteiger partial charge in [0.15, 0.2) is 0 Å². The van der Waals surface area contributed by atoms with Crippen LogP contribution in [0.2, 0.25) is 0 Å². The number of hydrogen-bond donors (Lipinski definition) is 3. The number of aliphatic hydroxyl groups is 1. The minimum atomic E-state index is -1.18. The van der Waals surface area contributed by atoms with E-state index in [0.717, 1.165) is 0 Å². The topological polar surface area (TPSA) is 117 Å². The minimum Gasteiger partial charge on any atom is -0.497 e. The van der Waals surface area contributed by atoms with Crippen LogP contribution in [-0.2, 0) is 19.1 Å². The van der Waals surface area contributed by atoms with Crippen molar-refractivity contribution in [2.45, 2.75) is 49.5 Å². The summed E-state index contributed by atoms with van der Waals surface area (Å²) in [5.41, 5.74) is -0.748. The maximum atomic E-state index is 14.2. The average Bonchev–Trinajstić information content (AvgIpc) is 3.53. The average molecular weight is 508 g/mol. The number of carbonyl (C=O) groups excluding carboxylic acids is 3. The highest BCUT2D eigenvalue weighted by atomic mass is 16.5. The Morgan fingerprint density at radius 3 is 2.43 bits per heavy atom. The zero-order valence-electron chi connectivity index (χ0n) is 21.3. The molecule has 2 aromatic rings. The first kappa shape index (κ1) is 25.2. The highest BCUT2D eigenvalue weighted by Gasteiger charge is 2.79. The fourth-order valence-electron chi connectivity index (χ4n) is 6.76. The smallest absolute Gasteiger partial charge is 0.250 e. The molecular weight excluding hydrogens is 474 g/mol. The van der Waals surface area contributed by atoms with Gasteiger partial charge in [-0.2, -0.15) is 0 Å². The number of aliphatic hydroxyl groups excluding tert-OH is 1. The molecule has 1 spiro atoms. The maximum absolute atomic E-state index is 14.2. The van der Waals surface area contributed by atoms with Crippen LogP contribution in [0.1, 0.15) is 37.8 Å². The number of anilines is 1. The third-order valence-electron chi connectivity index (χ3n) is 8.45. The molecule has 3 aliphatic rings. The number of methoxy groups -OCH3 is 1. The Hall–Kier alpha value is -3.43. The number of fused-ring (bicyclic) bond motifs is 1. The Kier molecular flexibility index (Phi) is 6.45. The van der Waals surface area contributed by atoms with Crippen LogP contribution in [0.4, 0.5) is 5.69 Å². The molecule has 6 atom stereocenters. The summed E-state index contributed by atoms with van der Waals surface area (Å²) in [5.74, 6) is -1.93. The molecule has 3 aliphatic heterocycles. The van der Waals surface area contributed by atoms with E-state index >= 15 is 0 Å². The third-order valence-corrected chi connectivity index (χ3v) is 8.45. The molecule has 196 valence electrons. The third kappa shape index (κ3) is 3.71. The minimum absolute atomic E-state index is 0.266. The Morgan fingerprint density at radius 2 is 1.84 bits per heavy atom. The summed E-state index contributed by atoms with van der Waals surface area (Å²) < 4.78 is 11.9. The molecule has 0 saturated carbocycles. The van der Waals surface area contributed by atoms with E-state index in [0.29, 0.717) is 36.3 Å². The van der Waals surface area contributed by atoms with E-state index in [4.69, 9.17) is 9.47 Å². The van der Waals surface area contributed by atoms with Gasteiger partial charge in [0.25, 0.3) is 0 Å². The van der Waals surface area contributed by atoms with Gasteiger partial charge in [-0.3, -0.25) is 14.4 Å². The summed E-state index contributed by atoms with van der Waals surface area (Å²) in [7, 11) is 3.11. The molecule has 3 saturated heterocycles. The lowest BCUT2D eigenvalue weighted by atomic mass is 9.65. The van der Waals surface area contributed by atoms with Gasteiger partial charge in [-0.1, -0.05) is 37.3 Å². The zero-order valence-corrected chi connectivity index (χ0v) is 21.3. The van der Waals surface area contributed by atoms with Crippen LogP contribution in [0.25, 0.3) is 0 Å². The van der Waals surface area contributed by atoms with Gasteiger partial charge in [-0.25, -0.2) is 0 Å². The first-order valence-electron chi connectivity index (χ1n) is 12.7. The van der Waals surface area contributed by atoms with E-state index in [1.165, 1.54) is 4.90 Å². The first-order valence-corrected chi connectivity index (χ1v) is 12.7. The maximum Gasteiger partial charge on any atom is 0.250 e. The van der Waals surface area contributed by atoms with Crippen molar-refractivity contribution in [3.63, 3.8) is 0 Å². The number of ether oxygens (including phenoxy) is 2. The molecular formula is C28H33N3O6. The summed E-state index contributed by atoms with van der Waals surface area (Å²) in [5, 5.41) is 16.2. The predicted molar refractivity (Wildman–Crippen MR) is 136 cm³/mol. The van der Waals surface area contributed by atoms with Crippen molar-refractivity contribution in [2.24, 2.45) is 11.8 Å². The van der Waals surface area contributed by atoms with Gasteiger partial charge in [0, 0.05) is 12.7 Å². The van der Waals surface area contributed by atoms with Gasteiger partial charge in [-0.05, 0) is 49.1 Å². The van der Waals surface area contributed by atoms with Crippen LogP contribution in [0.15, 0.2) is 54.6 Å². The van der Waals surface area contributed by atoms with Crippen molar-refractivity contribution < 1.29 is 29.0 Å². The summed E-state index contributed by atoms with van der Waals surface area (Å²) in [6.45, 7) is 1.57. The second kappa shape index (κ2) is 9.46. The van der Waals surface area contributed by atoms with Gasteiger partial charge < -0.3 is 30.1 Å². The van der Waals surface area contributed by atoms with Crippen molar-refractivity contribution in [2.75, 3.05) is 26.1 Å². The molecule has 0 aliphatic carbocycles. The fraction of sp³-hybridized carbons (Fsp3) is 0.464. The number of nitrogens with one attached hydrogen (secondary N) is 2. The predicted octanol–water partition coefficient (Wildman–Crippen LogP) is 2.27. The van der Waals surface area contributed by atoms with Crippen molar-refractivity contribution in [3.8, 4) is 5.75 Å². The Balaban J connectivity index is 1.61. The molecule has 9 heteroatoms. The number of hydrogen-bond acceptors (Lipinski definition) is 6. The number of benzene rings is 2. The van der Waals surface area contributed by atoms with Crippen molar-refractivity contribution >= 4 is 23.4 Å². The van der Waals surface area contributed by atoms with Crippen LogP contribution >= 0.6 is 0 Å². The first-order chi connectivity index (χ1) is 17.9. The molecule has 2 aromatic carbocycles.